The van der Waals surface area contributed by atoms with Crippen LogP contribution in [0.5, 0.6) is 0 Å². The maximum Gasteiger partial charge on any atom is 0.205 e. The third kappa shape index (κ3) is 6.03. The number of unbranched alkanes of at least 4 members (excludes halogenated alkanes) is 1. The first-order valence-electron chi connectivity index (χ1n) is 10.7. The van der Waals surface area contributed by atoms with E-state index < -0.39 is 0 Å². The number of rotatable bonds is 7. The van der Waals surface area contributed by atoms with Crippen LogP contribution >= 0.6 is 0 Å². The van der Waals surface area contributed by atoms with E-state index in [9.17, 15) is 9.59 Å². The minimum atomic E-state index is -0.205. The molecule has 0 amide bonds. The Balaban J connectivity index is 0.000000335. The van der Waals surface area contributed by atoms with Crippen LogP contribution in [0.25, 0.3) is 5.57 Å². The lowest BCUT2D eigenvalue weighted by molar-refractivity contribution is -0.122. The summed E-state index contributed by atoms with van der Waals surface area (Å²) in [5.41, 5.74) is 4.69. The number of ether oxygens (including phenoxy) is 1. The lowest BCUT2D eigenvalue weighted by atomic mass is 9.93. The molecular weight excluding hydrogens is 372 g/mol. The normalized spacial score (nSPS) is 13.9. The molecule has 0 saturated carbocycles. The maximum atomic E-state index is 12.3. The highest BCUT2D eigenvalue weighted by Gasteiger charge is 2.34. The van der Waals surface area contributed by atoms with Crippen LogP contribution < -0.4 is 0 Å². The summed E-state index contributed by atoms with van der Waals surface area (Å²) in [5.74, 6) is -0.105. The summed E-state index contributed by atoms with van der Waals surface area (Å²) in [6, 6.07) is 18.3. The first kappa shape index (κ1) is 23.3. The number of carbonyl (C=O) groups excluding carboxylic acids is 2. The summed E-state index contributed by atoms with van der Waals surface area (Å²) in [4.78, 5) is 24.4. The Morgan fingerprint density at radius 2 is 1.63 bits per heavy atom. The van der Waals surface area contributed by atoms with Gasteiger partial charge in [-0.1, -0.05) is 80.9 Å². The van der Waals surface area contributed by atoms with Gasteiger partial charge >= 0.3 is 0 Å². The quantitative estimate of drug-likeness (QED) is 0.404. The van der Waals surface area contributed by atoms with Crippen molar-refractivity contribution in [3.8, 4) is 0 Å². The molecule has 0 aromatic heterocycles. The Morgan fingerprint density at radius 3 is 2.20 bits per heavy atom. The first-order valence-corrected chi connectivity index (χ1v) is 10.7. The molecule has 2 aromatic carbocycles. The van der Waals surface area contributed by atoms with Gasteiger partial charge < -0.3 is 4.74 Å². The smallest absolute Gasteiger partial charge is 0.205 e. The van der Waals surface area contributed by atoms with Crippen molar-refractivity contribution in [3.63, 3.8) is 0 Å². The Labute approximate surface area is 180 Å². The lowest BCUT2D eigenvalue weighted by Gasteiger charge is -2.13. The number of hydrogen-bond donors (Lipinski definition) is 0. The Kier molecular flexibility index (Phi) is 9.27. The Morgan fingerprint density at radius 1 is 0.967 bits per heavy atom. The average Bonchev–Trinajstić information content (AvgIpc) is 3.04. The zero-order valence-electron chi connectivity index (χ0n) is 18.5. The van der Waals surface area contributed by atoms with Gasteiger partial charge in [-0.05, 0) is 49.0 Å². The minimum Gasteiger partial charge on any atom is -0.489 e. The Hall–Kier alpha value is -2.94. The van der Waals surface area contributed by atoms with Crippen LogP contribution in [0, 0.1) is 6.92 Å². The van der Waals surface area contributed by atoms with Gasteiger partial charge in [0.25, 0.3) is 0 Å². The van der Waals surface area contributed by atoms with Crippen molar-refractivity contribution in [2.45, 2.75) is 53.4 Å². The van der Waals surface area contributed by atoms with Gasteiger partial charge in [0.2, 0.25) is 5.78 Å². The molecule has 0 atom stereocenters. The fraction of sp³-hybridized carbons (Fsp3) is 0.333. The summed E-state index contributed by atoms with van der Waals surface area (Å²) >= 11 is 0. The molecule has 2 aromatic rings. The third-order valence-electron chi connectivity index (χ3n) is 5.07. The molecule has 0 saturated heterocycles. The molecule has 0 N–H and O–H groups in total. The molecule has 0 radical (unpaired) electrons. The van der Waals surface area contributed by atoms with Crippen molar-refractivity contribution >= 4 is 17.1 Å². The van der Waals surface area contributed by atoms with E-state index in [1.807, 2.05) is 50.3 Å². The third-order valence-corrected chi connectivity index (χ3v) is 5.07. The molecule has 0 unspecified atom stereocenters. The van der Waals surface area contributed by atoms with Crippen LogP contribution in [0.4, 0.5) is 0 Å². The molecule has 0 bridgehead atoms. The van der Waals surface area contributed by atoms with E-state index in [4.69, 9.17) is 4.74 Å². The summed E-state index contributed by atoms with van der Waals surface area (Å²) in [6.45, 7) is 8.58. The van der Waals surface area contributed by atoms with Crippen LogP contribution in [-0.4, -0.2) is 18.2 Å². The van der Waals surface area contributed by atoms with E-state index in [2.05, 4.69) is 38.1 Å². The van der Waals surface area contributed by atoms with Crippen molar-refractivity contribution in [2.75, 3.05) is 6.61 Å². The topological polar surface area (TPSA) is 43.4 Å². The minimum absolute atomic E-state index is 0.0833. The van der Waals surface area contributed by atoms with Gasteiger partial charge in [-0.3, -0.25) is 9.59 Å². The standard InChI is InChI=1S/C19H22O3.C8H10/c1-4-6-11-22-19-17(21)12-16(20)18(19)14(5-2)15-10-8-7-9-13(15)3;1-2-8-6-4-3-5-7-8/h5,7-10H,4,6,11-12H2,1-3H3;3-7H,2H2,1H3/b14-5+;. The number of ketones is 2. The van der Waals surface area contributed by atoms with E-state index in [1.54, 1.807) is 0 Å². The van der Waals surface area contributed by atoms with Gasteiger partial charge in [-0.25, -0.2) is 0 Å². The van der Waals surface area contributed by atoms with E-state index in [0.29, 0.717) is 12.2 Å². The average molecular weight is 405 g/mol. The molecule has 158 valence electrons. The molecule has 0 spiro atoms. The largest absolute Gasteiger partial charge is 0.489 e. The highest BCUT2D eigenvalue weighted by molar-refractivity contribution is 6.28. The number of allylic oxidation sites excluding steroid dienone is 4. The van der Waals surface area contributed by atoms with Crippen molar-refractivity contribution < 1.29 is 14.3 Å². The number of hydrogen-bond acceptors (Lipinski definition) is 3. The predicted octanol–water partition coefficient (Wildman–Crippen LogP) is 6.26. The number of carbonyl (C=O) groups is 2. The van der Waals surface area contributed by atoms with Crippen molar-refractivity contribution in [1.29, 1.82) is 0 Å². The number of aryl methyl sites for hydroxylation is 2. The van der Waals surface area contributed by atoms with E-state index in [1.165, 1.54) is 5.56 Å². The molecule has 3 nitrogen and oxygen atoms in total. The van der Waals surface area contributed by atoms with Gasteiger partial charge in [0.05, 0.1) is 18.6 Å². The first-order chi connectivity index (χ1) is 14.5. The Bertz CT molecular complexity index is 920. The summed E-state index contributed by atoms with van der Waals surface area (Å²) in [7, 11) is 0. The number of Topliss-reactive ketones (excluding diaryl/α,β-unsaturated/α-hetero) is 2. The second-order valence-electron chi connectivity index (χ2n) is 7.29. The second-order valence-corrected chi connectivity index (χ2v) is 7.29. The van der Waals surface area contributed by atoms with Crippen LogP contribution in [0.2, 0.25) is 0 Å². The van der Waals surface area contributed by atoms with E-state index in [0.717, 1.165) is 36.0 Å². The monoisotopic (exact) mass is 404 g/mol. The van der Waals surface area contributed by atoms with Crippen molar-refractivity contribution in [2.24, 2.45) is 0 Å². The fourth-order valence-electron chi connectivity index (χ4n) is 3.35. The van der Waals surface area contributed by atoms with Crippen LogP contribution in [0.3, 0.4) is 0 Å². The predicted molar refractivity (Wildman–Crippen MR) is 123 cm³/mol. The van der Waals surface area contributed by atoms with Crippen LogP contribution in [-0.2, 0) is 20.7 Å². The van der Waals surface area contributed by atoms with E-state index in [-0.39, 0.29) is 23.7 Å². The van der Waals surface area contributed by atoms with Gasteiger partial charge in [0, 0.05) is 0 Å². The SMILES string of the molecule is C/C=C(/C1=C(OCCCC)C(=O)CC1=O)c1ccccc1C.CCc1ccccc1. The van der Waals surface area contributed by atoms with Gasteiger partial charge in [0.1, 0.15) is 0 Å². The highest BCUT2D eigenvalue weighted by atomic mass is 16.5. The van der Waals surface area contributed by atoms with Crippen LogP contribution in [0.15, 0.2) is 72.0 Å². The maximum absolute atomic E-state index is 12.3. The van der Waals surface area contributed by atoms with E-state index >= 15 is 0 Å². The summed E-state index contributed by atoms with van der Waals surface area (Å²) < 4.78 is 5.65. The van der Waals surface area contributed by atoms with Crippen molar-refractivity contribution in [3.05, 3.63) is 88.7 Å². The fourth-order valence-corrected chi connectivity index (χ4v) is 3.35. The van der Waals surface area contributed by atoms with Crippen LogP contribution in [0.1, 0.15) is 56.7 Å². The van der Waals surface area contributed by atoms with Gasteiger partial charge in [-0.15, -0.1) is 0 Å². The molecule has 0 aliphatic heterocycles. The molecule has 0 fully saturated rings. The summed E-state index contributed by atoms with van der Waals surface area (Å²) in [5, 5.41) is 0. The molecular formula is C27H32O3. The molecule has 3 rings (SSSR count). The molecule has 30 heavy (non-hydrogen) atoms. The zero-order chi connectivity index (χ0) is 21.9. The summed E-state index contributed by atoms with van der Waals surface area (Å²) in [6.07, 6.45) is 4.80. The molecule has 3 heteroatoms. The zero-order valence-corrected chi connectivity index (χ0v) is 18.5. The highest BCUT2D eigenvalue weighted by Crippen LogP contribution is 2.34. The van der Waals surface area contributed by atoms with Crippen molar-refractivity contribution in [1.82, 2.24) is 0 Å². The second kappa shape index (κ2) is 11.9. The lowest BCUT2D eigenvalue weighted by Crippen LogP contribution is -2.05. The van der Waals surface area contributed by atoms with Gasteiger partial charge in [0.15, 0.2) is 11.5 Å². The van der Waals surface area contributed by atoms with Gasteiger partial charge in [-0.2, -0.15) is 0 Å². The molecule has 1 aliphatic rings. The number of benzene rings is 2. The molecule has 0 heterocycles. The molecule has 1 aliphatic carbocycles.